The predicted octanol–water partition coefficient (Wildman–Crippen LogP) is 3.45. The summed E-state index contributed by atoms with van der Waals surface area (Å²) in [5, 5.41) is 11.3. The first-order chi connectivity index (χ1) is 9.45. The normalized spacial score (nSPS) is 12.1. The molecule has 1 amide bonds. The minimum absolute atomic E-state index is 0.0241. The molecule has 0 aliphatic heterocycles. The van der Waals surface area contributed by atoms with E-state index in [9.17, 15) is 22.8 Å². The number of benzene rings is 1. The maximum Gasteiger partial charge on any atom is 0.416 e. The van der Waals surface area contributed by atoms with Crippen LogP contribution in [0.2, 0.25) is 0 Å². The number of carbonyl (C=O) groups excluding carboxylic acids is 1. The molecule has 0 radical (unpaired) electrons. The fourth-order valence-electron chi connectivity index (χ4n) is 1.75. The molecule has 2 N–H and O–H groups in total. The van der Waals surface area contributed by atoms with E-state index in [1.807, 2.05) is 0 Å². The molecule has 0 fully saturated rings. The molecule has 1 aromatic rings. The lowest BCUT2D eigenvalue weighted by atomic mass is 9.89. The van der Waals surface area contributed by atoms with E-state index in [-0.39, 0.29) is 17.7 Å². The number of hydrogen-bond donors (Lipinski definition) is 2. The Morgan fingerprint density at radius 1 is 1.24 bits per heavy atom. The van der Waals surface area contributed by atoms with E-state index in [2.05, 4.69) is 5.32 Å². The van der Waals surface area contributed by atoms with Gasteiger partial charge in [0.25, 0.3) is 0 Å². The van der Waals surface area contributed by atoms with Crippen molar-refractivity contribution in [3.05, 3.63) is 29.3 Å². The topological polar surface area (TPSA) is 66.4 Å². The minimum Gasteiger partial charge on any atom is -0.481 e. The molecule has 0 aliphatic carbocycles. The van der Waals surface area contributed by atoms with Gasteiger partial charge < -0.3 is 10.4 Å². The zero-order valence-corrected chi connectivity index (χ0v) is 11.8. The summed E-state index contributed by atoms with van der Waals surface area (Å²) in [6.45, 7) is 3.99. The summed E-state index contributed by atoms with van der Waals surface area (Å²) in [7, 11) is 0. The van der Waals surface area contributed by atoms with Gasteiger partial charge in [0.05, 0.1) is 11.0 Å². The second-order valence-corrected chi connectivity index (χ2v) is 5.39. The van der Waals surface area contributed by atoms with E-state index in [0.29, 0.717) is 0 Å². The van der Waals surface area contributed by atoms with Crippen molar-refractivity contribution in [1.29, 1.82) is 0 Å². The molecule has 0 aromatic heterocycles. The zero-order chi connectivity index (χ0) is 16.4. The number of anilines is 1. The van der Waals surface area contributed by atoms with Crippen molar-refractivity contribution in [2.45, 2.75) is 33.4 Å². The van der Waals surface area contributed by atoms with Gasteiger partial charge in [-0.25, -0.2) is 0 Å². The molecule has 0 saturated carbocycles. The summed E-state index contributed by atoms with van der Waals surface area (Å²) in [6, 6.07) is 3.45. The molecule has 7 heteroatoms. The highest BCUT2D eigenvalue weighted by atomic mass is 19.4. The lowest BCUT2D eigenvalue weighted by Crippen LogP contribution is -2.29. The number of hydrogen-bond acceptors (Lipinski definition) is 2. The third-order valence-corrected chi connectivity index (χ3v) is 3.09. The number of alkyl halides is 3. The van der Waals surface area contributed by atoms with Gasteiger partial charge in [-0.1, -0.05) is 6.07 Å². The molecule has 0 atom stereocenters. The van der Waals surface area contributed by atoms with Crippen LogP contribution in [0.25, 0.3) is 0 Å². The van der Waals surface area contributed by atoms with Crippen molar-refractivity contribution in [3.63, 3.8) is 0 Å². The predicted molar refractivity (Wildman–Crippen MR) is 70.8 cm³/mol. The van der Waals surface area contributed by atoms with Crippen LogP contribution in [0.1, 0.15) is 31.4 Å². The highest BCUT2D eigenvalue weighted by Gasteiger charge is 2.34. The van der Waals surface area contributed by atoms with Gasteiger partial charge in [-0.2, -0.15) is 13.2 Å². The van der Waals surface area contributed by atoms with E-state index in [1.165, 1.54) is 32.9 Å². The average molecular weight is 303 g/mol. The lowest BCUT2D eigenvalue weighted by Gasteiger charge is -2.19. The number of halogens is 3. The number of aliphatic carboxylic acids is 1. The number of carboxylic acids is 1. The summed E-state index contributed by atoms with van der Waals surface area (Å²) in [5.41, 5.74) is -2.21. The maximum absolute atomic E-state index is 12.8. The molecule has 0 saturated heterocycles. The van der Waals surface area contributed by atoms with Crippen LogP contribution in [0.3, 0.4) is 0 Å². The first-order valence-electron chi connectivity index (χ1n) is 6.15. The quantitative estimate of drug-likeness (QED) is 0.895. The Kier molecular flexibility index (Phi) is 4.65. The second-order valence-electron chi connectivity index (χ2n) is 5.39. The minimum atomic E-state index is -4.51. The summed E-state index contributed by atoms with van der Waals surface area (Å²) in [4.78, 5) is 22.7. The van der Waals surface area contributed by atoms with Crippen molar-refractivity contribution in [2.24, 2.45) is 5.41 Å². The van der Waals surface area contributed by atoms with E-state index >= 15 is 0 Å². The third-order valence-electron chi connectivity index (χ3n) is 3.09. The first-order valence-corrected chi connectivity index (χ1v) is 6.15. The zero-order valence-electron chi connectivity index (χ0n) is 11.8. The highest BCUT2D eigenvalue weighted by molar-refractivity contribution is 5.94. The number of rotatable bonds is 4. The highest BCUT2D eigenvalue weighted by Crippen LogP contribution is 2.34. The average Bonchev–Trinajstić information content (AvgIpc) is 2.29. The molecular formula is C14H16F3NO3. The van der Waals surface area contributed by atoms with Gasteiger partial charge >= 0.3 is 12.1 Å². The van der Waals surface area contributed by atoms with Crippen LogP contribution < -0.4 is 5.32 Å². The fraction of sp³-hybridized carbons (Fsp3) is 0.429. The maximum atomic E-state index is 12.8. The number of amides is 1. The Hall–Kier alpha value is -2.05. The van der Waals surface area contributed by atoms with Crippen LogP contribution in [-0.4, -0.2) is 17.0 Å². The molecule has 0 unspecified atom stereocenters. The van der Waals surface area contributed by atoms with Gasteiger partial charge in [-0.15, -0.1) is 0 Å². The molecule has 1 aromatic carbocycles. The van der Waals surface area contributed by atoms with E-state index in [4.69, 9.17) is 5.11 Å². The van der Waals surface area contributed by atoms with Crippen LogP contribution in [0.5, 0.6) is 0 Å². The van der Waals surface area contributed by atoms with Crippen LogP contribution >= 0.6 is 0 Å². The Labute approximate surface area is 120 Å². The Balaban J connectivity index is 2.95. The molecule has 21 heavy (non-hydrogen) atoms. The van der Waals surface area contributed by atoms with Gasteiger partial charge in [0, 0.05) is 12.1 Å². The van der Waals surface area contributed by atoms with Crippen molar-refractivity contribution in [2.75, 3.05) is 5.32 Å². The van der Waals surface area contributed by atoms with Gasteiger partial charge in [-0.05, 0) is 38.5 Å². The smallest absolute Gasteiger partial charge is 0.416 e. The Morgan fingerprint density at radius 3 is 2.29 bits per heavy atom. The van der Waals surface area contributed by atoms with Crippen LogP contribution in [0, 0.1) is 12.3 Å². The van der Waals surface area contributed by atoms with Crippen molar-refractivity contribution >= 4 is 17.6 Å². The lowest BCUT2D eigenvalue weighted by molar-refractivity contribution is -0.149. The molecule has 0 bridgehead atoms. The largest absolute Gasteiger partial charge is 0.481 e. The standard InChI is InChI=1S/C14H16F3NO3/c1-8-9(14(15,16)17)5-4-6-10(8)18-11(19)7-13(2,3)12(20)21/h4-6H,7H2,1-3H3,(H,18,19)(H,20,21). The number of carboxylic acid groups (broad SMARTS) is 1. The van der Waals surface area contributed by atoms with Crippen LogP contribution in [0.15, 0.2) is 18.2 Å². The Morgan fingerprint density at radius 2 is 1.81 bits per heavy atom. The number of nitrogens with one attached hydrogen (secondary N) is 1. The summed E-state index contributed by atoms with van der Waals surface area (Å²) >= 11 is 0. The fourth-order valence-corrected chi connectivity index (χ4v) is 1.75. The van der Waals surface area contributed by atoms with Crippen molar-refractivity contribution in [3.8, 4) is 0 Å². The molecule has 0 heterocycles. The molecular weight excluding hydrogens is 287 g/mol. The van der Waals surface area contributed by atoms with Gasteiger partial charge in [-0.3, -0.25) is 9.59 Å². The van der Waals surface area contributed by atoms with Gasteiger partial charge in [0.15, 0.2) is 0 Å². The summed E-state index contributed by atoms with van der Waals surface area (Å²) < 4.78 is 38.3. The second kappa shape index (κ2) is 5.75. The molecule has 116 valence electrons. The molecule has 4 nitrogen and oxygen atoms in total. The monoisotopic (exact) mass is 303 g/mol. The van der Waals surface area contributed by atoms with E-state index < -0.39 is 29.0 Å². The first kappa shape index (κ1) is 17.0. The van der Waals surface area contributed by atoms with E-state index in [0.717, 1.165) is 6.07 Å². The Bertz CT molecular complexity index is 565. The van der Waals surface area contributed by atoms with Crippen LogP contribution in [-0.2, 0) is 15.8 Å². The molecule has 0 spiro atoms. The summed E-state index contributed by atoms with van der Waals surface area (Å²) in [5.74, 6) is -1.80. The molecule has 0 aliphatic rings. The van der Waals surface area contributed by atoms with Crippen molar-refractivity contribution < 1.29 is 27.9 Å². The van der Waals surface area contributed by atoms with Gasteiger partial charge in [0.2, 0.25) is 5.91 Å². The van der Waals surface area contributed by atoms with E-state index in [1.54, 1.807) is 0 Å². The molecule has 1 rings (SSSR count). The van der Waals surface area contributed by atoms with Gasteiger partial charge in [0.1, 0.15) is 0 Å². The number of carbonyl (C=O) groups is 2. The third kappa shape index (κ3) is 4.21. The SMILES string of the molecule is Cc1c(NC(=O)CC(C)(C)C(=O)O)cccc1C(F)(F)F. The van der Waals surface area contributed by atoms with Crippen molar-refractivity contribution in [1.82, 2.24) is 0 Å². The summed E-state index contributed by atoms with van der Waals surface area (Å²) in [6.07, 6.45) is -4.84. The van der Waals surface area contributed by atoms with Crippen LogP contribution in [0.4, 0.5) is 18.9 Å².